The lowest BCUT2D eigenvalue weighted by Gasteiger charge is -2.06. The molecular formula is C10H13NOS. The lowest BCUT2D eigenvalue weighted by Crippen LogP contribution is -2.05. The van der Waals surface area contributed by atoms with Crippen LogP contribution < -0.4 is 4.90 Å². The number of ketones is 1. The monoisotopic (exact) mass is 195 g/mol. The zero-order chi connectivity index (χ0) is 9.84. The second-order valence-electron chi connectivity index (χ2n) is 3.01. The minimum absolute atomic E-state index is 0.0832. The predicted molar refractivity (Wildman–Crippen MR) is 58.4 cm³/mol. The van der Waals surface area contributed by atoms with Gasteiger partial charge in [0.05, 0.1) is 5.00 Å². The third-order valence-electron chi connectivity index (χ3n) is 1.54. The van der Waals surface area contributed by atoms with Crippen LogP contribution in [0.15, 0.2) is 18.2 Å². The predicted octanol–water partition coefficient (Wildman–Crippen LogP) is 2.42. The molecule has 0 unspecified atom stereocenters. The first-order chi connectivity index (χ1) is 6.09. The van der Waals surface area contributed by atoms with Gasteiger partial charge < -0.3 is 4.90 Å². The number of anilines is 1. The van der Waals surface area contributed by atoms with Gasteiger partial charge in [-0.25, -0.2) is 0 Å². The Kier molecular flexibility index (Phi) is 3.25. The molecule has 0 fully saturated rings. The van der Waals surface area contributed by atoms with Crippen LogP contribution in [-0.4, -0.2) is 19.9 Å². The number of thiophene rings is 1. The van der Waals surface area contributed by atoms with E-state index in [2.05, 4.69) is 4.90 Å². The molecule has 1 aromatic rings. The van der Waals surface area contributed by atoms with Gasteiger partial charge in [0.1, 0.15) is 0 Å². The van der Waals surface area contributed by atoms with Crippen LogP contribution in [0.1, 0.15) is 11.8 Å². The Morgan fingerprint density at radius 3 is 2.62 bits per heavy atom. The van der Waals surface area contributed by atoms with Crippen LogP contribution in [0.3, 0.4) is 0 Å². The number of carbonyl (C=O) groups excluding carboxylic acids is 1. The lowest BCUT2D eigenvalue weighted by atomic mass is 10.3. The number of carbonyl (C=O) groups is 1. The smallest absolute Gasteiger partial charge is 0.152 e. The summed E-state index contributed by atoms with van der Waals surface area (Å²) in [5.74, 6) is 0.0832. The summed E-state index contributed by atoms with van der Waals surface area (Å²) >= 11 is 1.67. The molecule has 0 saturated carbocycles. The van der Waals surface area contributed by atoms with Crippen LogP contribution in [0.5, 0.6) is 0 Å². The normalized spacial score (nSPS) is 10.7. The molecule has 0 aromatic carbocycles. The quantitative estimate of drug-likeness (QED) is 0.690. The van der Waals surface area contributed by atoms with Crippen molar-refractivity contribution in [2.45, 2.75) is 6.92 Å². The molecule has 0 aliphatic rings. The van der Waals surface area contributed by atoms with Crippen LogP contribution >= 0.6 is 11.3 Å². The van der Waals surface area contributed by atoms with E-state index in [1.54, 1.807) is 24.3 Å². The highest BCUT2D eigenvalue weighted by atomic mass is 32.1. The Labute approximate surface area is 82.5 Å². The zero-order valence-corrected chi connectivity index (χ0v) is 8.89. The number of nitrogens with zero attached hydrogens (tertiary/aromatic N) is 1. The molecule has 0 aliphatic carbocycles. The van der Waals surface area contributed by atoms with Gasteiger partial charge in [0.2, 0.25) is 0 Å². The minimum atomic E-state index is 0.0832. The van der Waals surface area contributed by atoms with Gasteiger partial charge in [-0.1, -0.05) is 0 Å². The summed E-state index contributed by atoms with van der Waals surface area (Å²) in [6.45, 7) is 1.55. The van der Waals surface area contributed by atoms with Crippen LogP contribution in [-0.2, 0) is 4.79 Å². The first-order valence-corrected chi connectivity index (χ1v) is 4.87. The maximum atomic E-state index is 10.7. The van der Waals surface area contributed by atoms with E-state index in [4.69, 9.17) is 0 Å². The van der Waals surface area contributed by atoms with Gasteiger partial charge in [-0.3, -0.25) is 4.79 Å². The Balaban J connectivity index is 2.75. The molecule has 0 radical (unpaired) electrons. The Morgan fingerprint density at radius 2 is 2.15 bits per heavy atom. The van der Waals surface area contributed by atoms with E-state index in [1.807, 2.05) is 32.3 Å². The fourth-order valence-electron chi connectivity index (χ4n) is 0.872. The summed E-state index contributed by atoms with van der Waals surface area (Å²) in [5.41, 5.74) is 0. The number of allylic oxidation sites excluding steroid dienone is 1. The van der Waals surface area contributed by atoms with Crippen molar-refractivity contribution in [2.24, 2.45) is 0 Å². The third-order valence-corrected chi connectivity index (χ3v) is 2.75. The van der Waals surface area contributed by atoms with Gasteiger partial charge >= 0.3 is 0 Å². The van der Waals surface area contributed by atoms with Gasteiger partial charge in [-0.15, -0.1) is 11.3 Å². The maximum absolute atomic E-state index is 10.7. The molecule has 0 bridgehead atoms. The van der Waals surface area contributed by atoms with Gasteiger partial charge in [-0.2, -0.15) is 0 Å². The Bertz CT molecular complexity index is 325. The van der Waals surface area contributed by atoms with E-state index in [-0.39, 0.29) is 5.78 Å². The summed E-state index contributed by atoms with van der Waals surface area (Å²) in [4.78, 5) is 13.8. The highest BCUT2D eigenvalue weighted by molar-refractivity contribution is 7.16. The number of hydrogen-bond acceptors (Lipinski definition) is 3. The van der Waals surface area contributed by atoms with Crippen molar-refractivity contribution in [1.82, 2.24) is 0 Å². The zero-order valence-electron chi connectivity index (χ0n) is 8.07. The molecule has 1 rings (SSSR count). The second kappa shape index (κ2) is 4.23. The number of hydrogen-bond donors (Lipinski definition) is 0. The largest absolute Gasteiger partial charge is 0.370 e. The van der Waals surface area contributed by atoms with Crippen molar-refractivity contribution >= 4 is 28.2 Å². The molecule has 1 heterocycles. The first kappa shape index (κ1) is 9.99. The molecule has 0 saturated heterocycles. The van der Waals surface area contributed by atoms with Crippen LogP contribution in [0.25, 0.3) is 6.08 Å². The summed E-state index contributed by atoms with van der Waals surface area (Å²) in [5, 5.41) is 1.20. The van der Waals surface area contributed by atoms with E-state index < -0.39 is 0 Å². The van der Waals surface area contributed by atoms with E-state index in [0.717, 1.165) is 4.88 Å². The highest BCUT2D eigenvalue weighted by Gasteiger charge is 1.98. The van der Waals surface area contributed by atoms with E-state index in [0.29, 0.717) is 0 Å². The summed E-state index contributed by atoms with van der Waals surface area (Å²) < 4.78 is 0. The third kappa shape index (κ3) is 3.03. The molecule has 0 aliphatic heterocycles. The molecule has 0 spiro atoms. The van der Waals surface area contributed by atoms with Crippen molar-refractivity contribution in [3.05, 3.63) is 23.1 Å². The van der Waals surface area contributed by atoms with E-state index in [1.165, 1.54) is 5.00 Å². The van der Waals surface area contributed by atoms with Gasteiger partial charge in [0.25, 0.3) is 0 Å². The molecular weight excluding hydrogens is 182 g/mol. The minimum Gasteiger partial charge on any atom is -0.370 e. The molecule has 13 heavy (non-hydrogen) atoms. The Morgan fingerprint density at radius 1 is 1.46 bits per heavy atom. The second-order valence-corrected chi connectivity index (χ2v) is 4.11. The average molecular weight is 195 g/mol. The average Bonchev–Trinajstić information content (AvgIpc) is 2.48. The molecule has 3 heteroatoms. The molecule has 0 amide bonds. The van der Waals surface area contributed by atoms with Crippen LogP contribution in [0, 0.1) is 0 Å². The van der Waals surface area contributed by atoms with E-state index >= 15 is 0 Å². The van der Waals surface area contributed by atoms with Crippen LogP contribution in [0.2, 0.25) is 0 Å². The molecule has 0 N–H and O–H groups in total. The fraction of sp³-hybridized carbons (Fsp3) is 0.300. The molecule has 0 atom stereocenters. The van der Waals surface area contributed by atoms with Crippen molar-refractivity contribution < 1.29 is 4.79 Å². The number of rotatable bonds is 3. The van der Waals surface area contributed by atoms with Gasteiger partial charge in [-0.05, 0) is 31.2 Å². The molecule has 2 nitrogen and oxygen atoms in total. The van der Waals surface area contributed by atoms with Crippen molar-refractivity contribution in [3.63, 3.8) is 0 Å². The SMILES string of the molecule is CC(=O)C=Cc1ccc(N(C)C)s1. The summed E-state index contributed by atoms with van der Waals surface area (Å²) in [6, 6.07) is 4.06. The van der Waals surface area contributed by atoms with Crippen molar-refractivity contribution in [2.75, 3.05) is 19.0 Å². The summed E-state index contributed by atoms with van der Waals surface area (Å²) in [6.07, 6.45) is 3.44. The van der Waals surface area contributed by atoms with Gasteiger partial charge in [0, 0.05) is 19.0 Å². The van der Waals surface area contributed by atoms with Gasteiger partial charge in [0.15, 0.2) is 5.78 Å². The molecule has 70 valence electrons. The maximum Gasteiger partial charge on any atom is 0.152 e. The summed E-state index contributed by atoms with van der Waals surface area (Å²) in [7, 11) is 4.01. The first-order valence-electron chi connectivity index (χ1n) is 4.05. The van der Waals surface area contributed by atoms with Crippen LogP contribution in [0.4, 0.5) is 5.00 Å². The van der Waals surface area contributed by atoms with E-state index in [9.17, 15) is 4.79 Å². The topological polar surface area (TPSA) is 20.3 Å². The van der Waals surface area contributed by atoms with Crippen molar-refractivity contribution in [3.8, 4) is 0 Å². The lowest BCUT2D eigenvalue weighted by molar-refractivity contribution is -0.112. The fourth-order valence-corrected chi connectivity index (χ4v) is 1.70. The van der Waals surface area contributed by atoms with Crippen molar-refractivity contribution in [1.29, 1.82) is 0 Å². The standard InChI is InChI=1S/C10H13NOS/c1-8(12)4-5-9-6-7-10(13-9)11(2)3/h4-7H,1-3H3. The Hall–Kier alpha value is -1.09. The highest BCUT2D eigenvalue weighted by Crippen LogP contribution is 2.24. The molecule has 1 aromatic heterocycles.